The molecule has 1 aromatic carbocycles. The van der Waals surface area contributed by atoms with Crippen LogP contribution in [0.4, 0.5) is 0 Å². The van der Waals surface area contributed by atoms with E-state index in [1.165, 1.54) is 18.4 Å². The second-order valence-electron chi connectivity index (χ2n) is 5.33. The van der Waals surface area contributed by atoms with Crippen molar-refractivity contribution in [3.8, 4) is 5.75 Å². The van der Waals surface area contributed by atoms with Crippen molar-refractivity contribution in [1.29, 1.82) is 0 Å². The van der Waals surface area contributed by atoms with Crippen molar-refractivity contribution >= 4 is 0 Å². The molecule has 0 heterocycles. The van der Waals surface area contributed by atoms with Crippen LogP contribution >= 0.6 is 0 Å². The molecule has 0 amide bonds. The zero-order valence-electron chi connectivity index (χ0n) is 11.0. The summed E-state index contributed by atoms with van der Waals surface area (Å²) in [5, 5.41) is 9.72. The molecule has 1 heteroatoms. The minimum absolute atomic E-state index is 0.394. The maximum Gasteiger partial charge on any atom is 0.119 e. The molecule has 0 saturated carbocycles. The Kier molecular flexibility index (Phi) is 4.85. The van der Waals surface area contributed by atoms with Crippen LogP contribution in [0.3, 0.4) is 0 Å². The van der Waals surface area contributed by atoms with E-state index in [0.717, 1.165) is 17.9 Å². The van der Waals surface area contributed by atoms with Gasteiger partial charge in [0.05, 0.1) is 0 Å². The first kappa shape index (κ1) is 13.1. The molecule has 0 fully saturated rings. The van der Waals surface area contributed by atoms with Crippen LogP contribution in [0.2, 0.25) is 0 Å². The van der Waals surface area contributed by atoms with E-state index < -0.39 is 0 Å². The smallest absolute Gasteiger partial charge is 0.119 e. The Morgan fingerprint density at radius 3 is 2.38 bits per heavy atom. The van der Waals surface area contributed by atoms with E-state index in [-0.39, 0.29) is 0 Å². The summed E-state index contributed by atoms with van der Waals surface area (Å²) in [6.45, 7) is 8.76. The first-order valence-electron chi connectivity index (χ1n) is 6.32. The van der Waals surface area contributed by atoms with Gasteiger partial charge in [0, 0.05) is 0 Å². The Hall–Kier alpha value is -0.980. The lowest BCUT2D eigenvalue weighted by Crippen LogP contribution is -1.94. The Balaban J connectivity index is 2.64. The minimum Gasteiger partial charge on any atom is -0.508 e. The third-order valence-electron chi connectivity index (χ3n) is 2.96. The highest BCUT2D eigenvalue weighted by Crippen LogP contribution is 2.26. The Morgan fingerprint density at radius 1 is 1.12 bits per heavy atom. The standard InChI is InChI=1S/C15H24O/c1-11(2)6-5-7-13-8-9-15(16)14(10-13)12(3)4/h8-12,16H,5-7H2,1-4H3. The molecule has 90 valence electrons. The van der Waals surface area contributed by atoms with E-state index in [1.807, 2.05) is 12.1 Å². The van der Waals surface area contributed by atoms with Crippen LogP contribution in [0.25, 0.3) is 0 Å². The van der Waals surface area contributed by atoms with E-state index in [9.17, 15) is 5.11 Å². The normalized spacial score (nSPS) is 11.4. The molecule has 0 spiro atoms. The molecule has 0 radical (unpaired) electrons. The Labute approximate surface area is 99.5 Å². The van der Waals surface area contributed by atoms with Gasteiger partial charge in [-0.3, -0.25) is 0 Å². The van der Waals surface area contributed by atoms with Crippen molar-refractivity contribution in [3.63, 3.8) is 0 Å². The molecule has 1 N–H and O–H groups in total. The van der Waals surface area contributed by atoms with Crippen LogP contribution in [0.1, 0.15) is 57.6 Å². The lowest BCUT2D eigenvalue weighted by atomic mass is 9.96. The number of rotatable bonds is 5. The molecule has 0 saturated heterocycles. The fraction of sp³-hybridized carbons (Fsp3) is 0.600. The number of phenolic OH excluding ortho intramolecular Hbond substituents is 1. The van der Waals surface area contributed by atoms with Crippen LogP contribution in [-0.2, 0) is 6.42 Å². The zero-order chi connectivity index (χ0) is 12.1. The molecule has 0 aliphatic carbocycles. The summed E-state index contributed by atoms with van der Waals surface area (Å²) in [5.41, 5.74) is 2.42. The number of hydrogen-bond acceptors (Lipinski definition) is 1. The quantitative estimate of drug-likeness (QED) is 0.775. The fourth-order valence-corrected chi connectivity index (χ4v) is 1.94. The summed E-state index contributed by atoms with van der Waals surface area (Å²) < 4.78 is 0. The average Bonchev–Trinajstić information content (AvgIpc) is 2.19. The summed E-state index contributed by atoms with van der Waals surface area (Å²) in [7, 11) is 0. The van der Waals surface area contributed by atoms with Gasteiger partial charge in [0.25, 0.3) is 0 Å². The first-order valence-corrected chi connectivity index (χ1v) is 6.32. The van der Waals surface area contributed by atoms with Gasteiger partial charge < -0.3 is 5.11 Å². The summed E-state index contributed by atoms with van der Waals surface area (Å²) in [6, 6.07) is 6.03. The molecule has 0 unspecified atom stereocenters. The molecule has 1 nitrogen and oxygen atoms in total. The van der Waals surface area contributed by atoms with Crippen molar-refractivity contribution in [1.82, 2.24) is 0 Å². The second-order valence-corrected chi connectivity index (χ2v) is 5.33. The fourth-order valence-electron chi connectivity index (χ4n) is 1.94. The highest BCUT2D eigenvalue weighted by Gasteiger charge is 2.06. The van der Waals surface area contributed by atoms with Gasteiger partial charge in [-0.2, -0.15) is 0 Å². The van der Waals surface area contributed by atoms with E-state index in [0.29, 0.717) is 11.7 Å². The second kappa shape index (κ2) is 5.93. The largest absolute Gasteiger partial charge is 0.508 e. The number of aryl methyl sites for hydroxylation is 1. The molecular weight excluding hydrogens is 196 g/mol. The van der Waals surface area contributed by atoms with Crippen molar-refractivity contribution in [2.45, 2.75) is 52.9 Å². The number of aromatic hydroxyl groups is 1. The van der Waals surface area contributed by atoms with Gasteiger partial charge in [-0.05, 0) is 41.9 Å². The van der Waals surface area contributed by atoms with E-state index >= 15 is 0 Å². The highest BCUT2D eigenvalue weighted by atomic mass is 16.3. The third-order valence-corrected chi connectivity index (χ3v) is 2.96. The molecule has 1 aromatic rings. The van der Waals surface area contributed by atoms with Crippen molar-refractivity contribution < 1.29 is 5.11 Å². The van der Waals surface area contributed by atoms with Crippen LogP contribution in [-0.4, -0.2) is 5.11 Å². The maximum atomic E-state index is 9.72. The van der Waals surface area contributed by atoms with Gasteiger partial charge in [-0.15, -0.1) is 0 Å². The summed E-state index contributed by atoms with van der Waals surface area (Å²) in [4.78, 5) is 0. The maximum absolute atomic E-state index is 9.72. The molecule has 0 atom stereocenters. The predicted molar refractivity (Wildman–Crippen MR) is 70.0 cm³/mol. The lowest BCUT2D eigenvalue weighted by Gasteiger charge is -2.11. The number of phenols is 1. The summed E-state index contributed by atoms with van der Waals surface area (Å²) in [6.07, 6.45) is 3.63. The van der Waals surface area contributed by atoms with Gasteiger partial charge in [0.1, 0.15) is 5.75 Å². The third kappa shape index (κ3) is 3.88. The molecular formula is C15H24O. The van der Waals surface area contributed by atoms with Crippen LogP contribution in [0.15, 0.2) is 18.2 Å². The van der Waals surface area contributed by atoms with Gasteiger partial charge in [-0.25, -0.2) is 0 Å². The van der Waals surface area contributed by atoms with Crippen LogP contribution in [0, 0.1) is 5.92 Å². The Bertz CT molecular complexity index is 326. The zero-order valence-corrected chi connectivity index (χ0v) is 11.0. The number of benzene rings is 1. The molecule has 0 aliphatic rings. The number of hydrogen-bond donors (Lipinski definition) is 1. The van der Waals surface area contributed by atoms with Gasteiger partial charge >= 0.3 is 0 Å². The van der Waals surface area contributed by atoms with Crippen molar-refractivity contribution in [2.75, 3.05) is 0 Å². The minimum atomic E-state index is 0.394. The van der Waals surface area contributed by atoms with Gasteiger partial charge in [0.2, 0.25) is 0 Å². The van der Waals surface area contributed by atoms with E-state index in [1.54, 1.807) is 0 Å². The van der Waals surface area contributed by atoms with Crippen molar-refractivity contribution in [3.05, 3.63) is 29.3 Å². The highest BCUT2D eigenvalue weighted by molar-refractivity contribution is 5.38. The topological polar surface area (TPSA) is 20.2 Å². The van der Waals surface area contributed by atoms with Gasteiger partial charge in [0.15, 0.2) is 0 Å². The van der Waals surface area contributed by atoms with Crippen molar-refractivity contribution in [2.24, 2.45) is 5.92 Å². The van der Waals surface area contributed by atoms with E-state index in [4.69, 9.17) is 0 Å². The Morgan fingerprint density at radius 2 is 1.81 bits per heavy atom. The van der Waals surface area contributed by atoms with Crippen LogP contribution in [0.5, 0.6) is 5.75 Å². The van der Waals surface area contributed by atoms with E-state index in [2.05, 4.69) is 33.8 Å². The molecule has 0 bridgehead atoms. The van der Waals surface area contributed by atoms with Gasteiger partial charge in [-0.1, -0.05) is 46.2 Å². The molecule has 0 aromatic heterocycles. The molecule has 16 heavy (non-hydrogen) atoms. The molecule has 0 aliphatic heterocycles. The summed E-state index contributed by atoms with van der Waals surface area (Å²) in [5.74, 6) is 1.61. The monoisotopic (exact) mass is 220 g/mol. The summed E-state index contributed by atoms with van der Waals surface area (Å²) >= 11 is 0. The average molecular weight is 220 g/mol. The first-order chi connectivity index (χ1) is 7.50. The molecule has 1 rings (SSSR count). The predicted octanol–water partition coefficient (Wildman–Crippen LogP) is 4.49. The lowest BCUT2D eigenvalue weighted by molar-refractivity contribution is 0.464. The SMILES string of the molecule is CC(C)CCCc1ccc(O)c(C(C)C)c1. The van der Waals surface area contributed by atoms with Crippen LogP contribution < -0.4 is 0 Å².